The molecule has 1 N–H and O–H groups in total. The van der Waals surface area contributed by atoms with Crippen LogP contribution in [0.1, 0.15) is 29.8 Å². The van der Waals surface area contributed by atoms with Crippen LogP contribution in [0.15, 0.2) is 18.2 Å². The number of aryl methyl sites for hydroxylation is 1. The second-order valence-electron chi connectivity index (χ2n) is 4.19. The van der Waals surface area contributed by atoms with Gasteiger partial charge in [-0.05, 0) is 45.5 Å². The van der Waals surface area contributed by atoms with E-state index >= 15 is 0 Å². The van der Waals surface area contributed by atoms with Crippen molar-refractivity contribution in [2.45, 2.75) is 26.3 Å². The minimum absolute atomic E-state index is 0.139. The lowest BCUT2D eigenvalue weighted by atomic mass is 9.92. The highest BCUT2D eigenvalue weighted by molar-refractivity contribution is 6.02. The van der Waals surface area contributed by atoms with Gasteiger partial charge < -0.3 is 5.32 Å². The summed E-state index contributed by atoms with van der Waals surface area (Å²) in [5, 5.41) is 2.87. The molecule has 0 spiro atoms. The number of carbonyl (C=O) groups excluding carboxylic acids is 1. The fraction of sp³-hybridized carbons (Fsp3) is 0.417. The van der Waals surface area contributed by atoms with Gasteiger partial charge in [0.25, 0.3) is 0 Å². The maximum Gasteiger partial charge on any atom is 0.185 e. The Hall–Kier alpha value is -1.22. The SMILES string of the molecule is CNC(C)(C)C(=O)c1ccc(C)cc1F. The summed E-state index contributed by atoms with van der Waals surface area (Å²) < 4.78 is 13.5. The van der Waals surface area contributed by atoms with Gasteiger partial charge in [0.15, 0.2) is 5.78 Å². The van der Waals surface area contributed by atoms with E-state index in [1.807, 2.05) is 0 Å². The first-order valence-electron chi connectivity index (χ1n) is 4.88. The average Bonchev–Trinajstić information content (AvgIpc) is 2.17. The van der Waals surface area contributed by atoms with Crippen molar-refractivity contribution in [3.63, 3.8) is 0 Å². The summed E-state index contributed by atoms with van der Waals surface area (Å²) in [6.45, 7) is 5.25. The molecule has 0 heterocycles. The molecule has 0 saturated heterocycles. The molecule has 0 unspecified atom stereocenters. The minimum Gasteiger partial charge on any atom is -0.308 e. The molecular formula is C12H16FNO. The zero-order chi connectivity index (χ0) is 11.6. The van der Waals surface area contributed by atoms with E-state index in [1.54, 1.807) is 33.9 Å². The summed E-state index contributed by atoms with van der Waals surface area (Å²) >= 11 is 0. The number of carbonyl (C=O) groups is 1. The third-order valence-corrected chi connectivity index (χ3v) is 2.56. The average molecular weight is 209 g/mol. The molecule has 1 aromatic rings. The number of rotatable bonds is 3. The molecule has 1 rings (SSSR count). The zero-order valence-corrected chi connectivity index (χ0v) is 9.52. The number of Topliss-reactive ketones (excluding diaryl/α,β-unsaturated/α-hetero) is 1. The van der Waals surface area contributed by atoms with Crippen LogP contribution >= 0.6 is 0 Å². The molecule has 0 aromatic heterocycles. The van der Waals surface area contributed by atoms with Gasteiger partial charge in [0, 0.05) is 0 Å². The molecule has 0 radical (unpaired) electrons. The van der Waals surface area contributed by atoms with Gasteiger partial charge >= 0.3 is 0 Å². The predicted molar refractivity (Wildman–Crippen MR) is 58.6 cm³/mol. The summed E-state index contributed by atoms with van der Waals surface area (Å²) in [7, 11) is 1.68. The third kappa shape index (κ3) is 2.42. The first kappa shape index (κ1) is 11.9. The number of hydrogen-bond donors (Lipinski definition) is 1. The molecule has 0 aliphatic carbocycles. The molecule has 0 aliphatic heterocycles. The molecule has 15 heavy (non-hydrogen) atoms. The molecular weight excluding hydrogens is 193 g/mol. The van der Waals surface area contributed by atoms with Crippen LogP contribution in [-0.2, 0) is 0 Å². The Bertz CT molecular complexity index is 385. The maximum atomic E-state index is 13.5. The van der Waals surface area contributed by atoms with Crippen molar-refractivity contribution >= 4 is 5.78 Å². The van der Waals surface area contributed by atoms with E-state index in [0.29, 0.717) is 0 Å². The number of hydrogen-bond acceptors (Lipinski definition) is 2. The maximum absolute atomic E-state index is 13.5. The Kier molecular flexibility index (Phi) is 3.25. The highest BCUT2D eigenvalue weighted by atomic mass is 19.1. The number of nitrogens with one attached hydrogen (secondary N) is 1. The smallest absolute Gasteiger partial charge is 0.185 e. The number of benzene rings is 1. The van der Waals surface area contributed by atoms with Gasteiger partial charge in [0.1, 0.15) is 5.82 Å². The van der Waals surface area contributed by atoms with Crippen LogP contribution in [0.5, 0.6) is 0 Å². The second kappa shape index (κ2) is 4.11. The monoisotopic (exact) mass is 209 g/mol. The molecule has 0 fully saturated rings. The Morgan fingerprint density at radius 1 is 1.40 bits per heavy atom. The fourth-order valence-corrected chi connectivity index (χ4v) is 1.25. The van der Waals surface area contributed by atoms with Crippen LogP contribution in [0.4, 0.5) is 4.39 Å². The van der Waals surface area contributed by atoms with Crippen molar-refractivity contribution < 1.29 is 9.18 Å². The summed E-state index contributed by atoms with van der Waals surface area (Å²) in [6.07, 6.45) is 0. The van der Waals surface area contributed by atoms with Crippen LogP contribution in [0.2, 0.25) is 0 Å². The summed E-state index contributed by atoms with van der Waals surface area (Å²) in [5.74, 6) is -0.689. The van der Waals surface area contributed by atoms with E-state index in [2.05, 4.69) is 5.32 Å². The van der Waals surface area contributed by atoms with Crippen molar-refractivity contribution in [1.82, 2.24) is 5.32 Å². The van der Waals surface area contributed by atoms with Crippen molar-refractivity contribution in [2.24, 2.45) is 0 Å². The van der Waals surface area contributed by atoms with Crippen molar-refractivity contribution in [3.8, 4) is 0 Å². The van der Waals surface area contributed by atoms with Gasteiger partial charge in [-0.25, -0.2) is 4.39 Å². The fourth-order valence-electron chi connectivity index (χ4n) is 1.25. The van der Waals surface area contributed by atoms with Crippen LogP contribution in [-0.4, -0.2) is 18.4 Å². The Morgan fingerprint density at radius 3 is 2.47 bits per heavy atom. The molecule has 0 atom stereocenters. The lowest BCUT2D eigenvalue weighted by Gasteiger charge is -2.22. The van der Waals surface area contributed by atoms with Crippen molar-refractivity contribution in [2.75, 3.05) is 7.05 Å². The normalized spacial score (nSPS) is 11.5. The zero-order valence-electron chi connectivity index (χ0n) is 9.52. The van der Waals surface area contributed by atoms with E-state index in [4.69, 9.17) is 0 Å². The molecule has 82 valence electrons. The number of ketones is 1. The van der Waals surface area contributed by atoms with Crippen LogP contribution in [0.3, 0.4) is 0 Å². The quantitative estimate of drug-likeness (QED) is 0.774. The predicted octanol–water partition coefficient (Wildman–Crippen LogP) is 2.31. The molecule has 0 saturated carbocycles. The number of halogens is 1. The highest BCUT2D eigenvalue weighted by Crippen LogP contribution is 2.16. The second-order valence-corrected chi connectivity index (χ2v) is 4.19. The Labute approximate surface area is 89.5 Å². The minimum atomic E-state index is -0.740. The largest absolute Gasteiger partial charge is 0.308 e. The van der Waals surface area contributed by atoms with Crippen molar-refractivity contribution in [3.05, 3.63) is 35.1 Å². The first-order valence-corrected chi connectivity index (χ1v) is 4.88. The first-order chi connectivity index (χ1) is 6.88. The van der Waals surface area contributed by atoms with Gasteiger partial charge in [-0.15, -0.1) is 0 Å². The van der Waals surface area contributed by atoms with Gasteiger partial charge in [0.2, 0.25) is 0 Å². The lowest BCUT2D eigenvalue weighted by molar-refractivity contribution is 0.0885. The number of likely N-dealkylation sites (N-methyl/N-ethyl adjacent to an activating group) is 1. The van der Waals surface area contributed by atoms with Gasteiger partial charge in [0.05, 0.1) is 11.1 Å². The van der Waals surface area contributed by atoms with E-state index in [9.17, 15) is 9.18 Å². The summed E-state index contributed by atoms with van der Waals surface area (Å²) in [6, 6.07) is 4.65. The summed E-state index contributed by atoms with van der Waals surface area (Å²) in [4.78, 5) is 11.9. The Morgan fingerprint density at radius 2 is 2.00 bits per heavy atom. The van der Waals surface area contributed by atoms with E-state index < -0.39 is 11.4 Å². The molecule has 0 bridgehead atoms. The van der Waals surface area contributed by atoms with Gasteiger partial charge in [-0.2, -0.15) is 0 Å². The lowest BCUT2D eigenvalue weighted by Crippen LogP contribution is -2.44. The van der Waals surface area contributed by atoms with E-state index in [1.165, 1.54) is 12.1 Å². The standard InChI is InChI=1S/C12H16FNO/c1-8-5-6-9(10(13)7-8)11(15)12(2,3)14-4/h5-7,14H,1-4H3. The van der Waals surface area contributed by atoms with E-state index in [-0.39, 0.29) is 11.3 Å². The van der Waals surface area contributed by atoms with E-state index in [0.717, 1.165) is 5.56 Å². The molecule has 0 aliphatic rings. The van der Waals surface area contributed by atoms with Gasteiger partial charge in [-0.1, -0.05) is 6.07 Å². The van der Waals surface area contributed by atoms with Crippen LogP contribution < -0.4 is 5.32 Å². The molecule has 3 heteroatoms. The van der Waals surface area contributed by atoms with Crippen LogP contribution in [0, 0.1) is 12.7 Å². The highest BCUT2D eigenvalue weighted by Gasteiger charge is 2.28. The topological polar surface area (TPSA) is 29.1 Å². The van der Waals surface area contributed by atoms with Crippen LogP contribution in [0.25, 0.3) is 0 Å². The third-order valence-electron chi connectivity index (χ3n) is 2.56. The summed E-state index contributed by atoms with van der Waals surface area (Å²) in [5.41, 5.74) is 0.210. The molecule has 1 aromatic carbocycles. The Balaban J connectivity index is 3.12. The molecule has 2 nitrogen and oxygen atoms in total. The molecule has 0 amide bonds. The van der Waals surface area contributed by atoms with Crippen molar-refractivity contribution in [1.29, 1.82) is 0 Å². The van der Waals surface area contributed by atoms with Gasteiger partial charge in [-0.3, -0.25) is 4.79 Å².